The maximum atomic E-state index is 12.9. The van der Waals surface area contributed by atoms with E-state index in [0.717, 1.165) is 17.2 Å². The standard InChI is InChI=1S/C18H15N9O5S2/c19-18-22-13(24-34-18)10(23-32)14(28)21-11-15(29)27-12(17(30)31)8(7-33-16(11)27)6-25-4-5-26-9(25)2-1-3-20-26/h1-5,11,16H,6-7H2,(H4-,19,21,22,24,28,30,31,32)/p+1/t11-,16-/m1/s1. The van der Waals surface area contributed by atoms with E-state index in [1.807, 2.05) is 10.6 Å². The molecule has 0 radical (unpaired) electrons. The number of anilines is 1. The highest BCUT2D eigenvalue weighted by Crippen LogP contribution is 2.40. The zero-order valence-corrected chi connectivity index (χ0v) is 18.7. The minimum absolute atomic E-state index is 0.0751. The molecule has 1 fully saturated rings. The molecule has 16 heteroatoms. The van der Waals surface area contributed by atoms with Gasteiger partial charge in [0.1, 0.15) is 29.9 Å². The van der Waals surface area contributed by atoms with Gasteiger partial charge in [0.2, 0.25) is 11.5 Å². The van der Waals surface area contributed by atoms with Gasteiger partial charge < -0.3 is 21.4 Å². The Labute approximate surface area is 198 Å². The number of nitrogen functional groups attached to an aromatic ring is 1. The predicted molar refractivity (Wildman–Crippen MR) is 118 cm³/mol. The second kappa shape index (κ2) is 8.38. The molecule has 0 aromatic carbocycles. The second-order valence-electron chi connectivity index (χ2n) is 7.28. The first-order chi connectivity index (χ1) is 16.4. The third kappa shape index (κ3) is 3.52. The summed E-state index contributed by atoms with van der Waals surface area (Å²) in [6, 6.07) is 2.61. The van der Waals surface area contributed by atoms with Crippen LogP contribution >= 0.6 is 23.3 Å². The van der Waals surface area contributed by atoms with Crippen molar-refractivity contribution in [2.75, 3.05) is 11.5 Å². The normalized spacial score (nSPS) is 20.3. The third-order valence-corrected chi connectivity index (χ3v) is 7.19. The monoisotopic (exact) mass is 502 g/mol. The van der Waals surface area contributed by atoms with E-state index in [4.69, 9.17) is 5.73 Å². The Kier molecular flexibility index (Phi) is 5.37. The van der Waals surface area contributed by atoms with E-state index in [0.29, 0.717) is 11.3 Å². The van der Waals surface area contributed by atoms with Crippen LogP contribution in [0.1, 0.15) is 5.82 Å². The van der Waals surface area contributed by atoms with Crippen LogP contribution in [0.4, 0.5) is 5.13 Å². The molecule has 34 heavy (non-hydrogen) atoms. The van der Waals surface area contributed by atoms with Crippen LogP contribution in [0.2, 0.25) is 0 Å². The molecule has 0 bridgehead atoms. The van der Waals surface area contributed by atoms with Gasteiger partial charge in [-0.15, -0.1) is 16.3 Å². The molecular weight excluding hydrogens is 486 g/mol. The molecule has 3 aromatic heterocycles. The van der Waals surface area contributed by atoms with Crippen LogP contribution in [0.5, 0.6) is 0 Å². The van der Waals surface area contributed by atoms with Crippen LogP contribution in [0.15, 0.2) is 47.1 Å². The van der Waals surface area contributed by atoms with Crippen molar-refractivity contribution in [3.8, 4) is 0 Å². The Morgan fingerprint density at radius 3 is 2.94 bits per heavy atom. The van der Waals surface area contributed by atoms with Gasteiger partial charge in [0.25, 0.3) is 11.8 Å². The van der Waals surface area contributed by atoms with Gasteiger partial charge in [0.15, 0.2) is 11.3 Å². The molecule has 0 spiro atoms. The van der Waals surface area contributed by atoms with Crippen molar-refractivity contribution in [2.45, 2.75) is 18.0 Å². The summed E-state index contributed by atoms with van der Waals surface area (Å²) in [4.78, 5) is 42.5. The number of carbonyl (C=O) groups excluding carboxylic acids is 2. The zero-order chi connectivity index (χ0) is 24.0. The Morgan fingerprint density at radius 1 is 1.41 bits per heavy atom. The molecule has 1 saturated heterocycles. The summed E-state index contributed by atoms with van der Waals surface area (Å²) in [5.41, 5.74) is 6.20. The number of hydrogen-bond acceptors (Lipinski definition) is 11. The highest BCUT2D eigenvalue weighted by molar-refractivity contribution is 8.00. The van der Waals surface area contributed by atoms with Gasteiger partial charge in [-0.3, -0.25) is 14.5 Å². The first kappa shape index (κ1) is 21.8. The number of carboxylic acids is 1. The Balaban J connectivity index is 1.37. The Hall–Kier alpha value is -4.05. The SMILES string of the molecule is Nc1nc(/C(=N\O)C(=O)N[C@@H]2C(=O)N3C(C(=O)O)=C(C[n+]4ccn5ncccc54)CS[C@H]23)ns1. The van der Waals surface area contributed by atoms with E-state index in [1.54, 1.807) is 29.2 Å². The van der Waals surface area contributed by atoms with Crippen molar-refractivity contribution < 1.29 is 29.3 Å². The number of β-lactam (4-membered cyclic amide) rings is 1. The van der Waals surface area contributed by atoms with Gasteiger partial charge >= 0.3 is 11.6 Å². The van der Waals surface area contributed by atoms with Gasteiger partial charge in [-0.1, -0.05) is 10.3 Å². The molecule has 0 aliphatic carbocycles. The van der Waals surface area contributed by atoms with E-state index in [9.17, 15) is 24.7 Å². The number of oxime groups is 1. The smallest absolute Gasteiger partial charge is 0.352 e. The van der Waals surface area contributed by atoms with Crippen molar-refractivity contribution in [3.63, 3.8) is 0 Å². The highest BCUT2D eigenvalue weighted by Gasteiger charge is 2.54. The van der Waals surface area contributed by atoms with Gasteiger partial charge in [-0.25, -0.2) is 9.36 Å². The molecule has 2 aliphatic heterocycles. The molecule has 5 rings (SSSR count). The Morgan fingerprint density at radius 2 is 2.24 bits per heavy atom. The molecule has 2 atom stereocenters. The number of imidazole rings is 1. The van der Waals surface area contributed by atoms with Gasteiger partial charge in [0.05, 0.1) is 6.20 Å². The third-order valence-electron chi connectivity index (χ3n) is 5.31. The molecule has 2 amide bonds. The summed E-state index contributed by atoms with van der Waals surface area (Å²) in [5, 5.41) is 28.1. The number of amides is 2. The fraction of sp³-hybridized carbons (Fsp3) is 0.222. The van der Waals surface area contributed by atoms with Crippen molar-refractivity contribution in [1.29, 1.82) is 0 Å². The summed E-state index contributed by atoms with van der Waals surface area (Å²) in [6.45, 7) is 0.253. The lowest BCUT2D eigenvalue weighted by Crippen LogP contribution is -2.71. The van der Waals surface area contributed by atoms with Crippen LogP contribution in [-0.4, -0.2) is 74.8 Å². The van der Waals surface area contributed by atoms with E-state index in [-0.39, 0.29) is 23.2 Å². The maximum absolute atomic E-state index is 12.9. The van der Waals surface area contributed by atoms with Gasteiger partial charge in [-0.05, 0) is 6.07 Å². The van der Waals surface area contributed by atoms with E-state index in [2.05, 4.69) is 24.9 Å². The lowest BCUT2D eigenvalue weighted by molar-refractivity contribution is -0.662. The lowest BCUT2D eigenvalue weighted by atomic mass is 10.0. The summed E-state index contributed by atoms with van der Waals surface area (Å²) in [6.07, 6.45) is 5.17. The second-order valence-corrected chi connectivity index (χ2v) is 9.16. The van der Waals surface area contributed by atoms with Crippen molar-refractivity contribution in [3.05, 3.63) is 47.8 Å². The fourth-order valence-electron chi connectivity index (χ4n) is 3.81. The minimum Gasteiger partial charge on any atom is -0.477 e. The first-order valence-corrected chi connectivity index (χ1v) is 11.6. The van der Waals surface area contributed by atoms with E-state index < -0.39 is 34.9 Å². The fourth-order valence-corrected chi connectivity index (χ4v) is 5.58. The molecule has 3 aromatic rings. The number of hydrogen-bond donors (Lipinski definition) is 4. The quantitative estimate of drug-likeness (QED) is 0.103. The van der Waals surface area contributed by atoms with Crippen LogP contribution in [-0.2, 0) is 20.9 Å². The van der Waals surface area contributed by atoms with E-state index in [1.165, 1.54) is 16.7 Å². The molecule has 5 heterocycles. The summed E-state index contributed by atoms with van der Waals surface area (Å²) < 4.78 is 7.32. The predicted octanol–water partition coefficient (Wildman–Crippen LogP) is -1.33. The number of carboxylic acid groups (broad SMARTS) is 1. The summed E-state index contributed by atoms with van der Waals surface area (Å²) in [5.74, 6) is -2.55. The number of fused-ring (bicyclic) bond motifs is 2. The van der Waals surface area contributed by atoms with Crippen molar-refractivity contribution in [2.24, 2.45) is 5.16 Å². The van der Waals surface area contributed by atoms with Gasteiger partial charge in [-0.2, -0.15) is 9.36 Å². The summed E-state index contributed by atoms with van der Waals surface area (Å²) >= 11 is 2.14. The average Bonchev–Trinajstić information content (AvgIpc) is 3.44. The number of thioether (sulfide) groups is 1. The number of rotatable bonds is 6. The van der Waals surface area contributed by atoms with E-state index >= 15 is 0 Å². The first-order valence-electron chi connectivity index (χ1n) is 9.73. The molecule has 0 saturated carbocycles. The number of nitrogens with zero attached hydrogens (tertiary/aromatic N) is 7. The van der Waals surface area contributed by atoms with Crippen molar-refractivity contribution >= 4 is 57.6 Å². The van der Waals surface area contributed by atoms with Crippen LogP contribution < -0.4 is 15.6 Å². The number of carbonyl (C=O) groups is 3. The number of aliphatic carboxylic acids is 1. The highest BCUT2D eigenvalue weighted by atomic mass is 32.2. The minimum atomic E-state index is -1.24. The Bertz CT molecular complexity index is 1400. The number of nitrogens with two attached hydrogens (primary N) is 1. The molecule has 5 N–H and O–H groups in total. The largest absolute Gasteiger partial charge is 0.477 e. The van der Waals surface area contributed by atoms with Gasteiger partial charge in [0, 0.05) is 28.9 Å². The van der Waals surface area contributed by atoms with Crippen LogP contribution in [0.3, 0.4) is 0 Å². The van der Waals surface area contributed by atoms with Crippen LogP contribution in [0.25, 0.3) is 5.65 Å². The molecule has 2 aliphatic rings. The topological polar surface area (TPSA) is 192 Å². The molecular formula is C18H16N9O5S2+. The number of nitrogens with one attached hydrogen (secondary N) is 1. The average molecular weight is 503 g/mol. The summed E-state index contributed by atoms with van der Waals surface area (Å²) in [7, 11) is 0. The maximum Gasteiger partial charge on any atom is 0.352 e. The van der Waals surface area contributed by atoms with Crippen LogP contribution in [0, 0.1) is 0 Å². The number of aromatic nitrogens is 5. The van der Waals surface area contributed by atoms with Crippen molar-refractivity contribution in [1.82, 2.24) is 29.2 Å². The molecule has 174 valence electrons. The lowest BCUT2D eigenvalue weighted by Gasteiger charge is -2.49. The molecule has 14 nitrogen and oxygen atoms in total. The zero-order valence-electron chi connectivity index (χ0n) is 17.1. The molecule has 0 unspecified atom stereocenters.